The smallest absolute Gasteiger partial charge is 0.325 e. The zero-order valence-corrected chi connectivity index (χ0v) is 12.2. The Labute approximate surface area is 127 Å². The van der Waals surface area contributed by atoms with Gasteiger partial charge in [-0.25, -0.2) is 4.79 Å². The number of benzene rings is 1. The molecule has 7 nitrogen and oxygen atoms in total. The van der Waals surface area contributed by atoms with Crippen LogP contribution in [0.25, 0.3) is 0 Å². The van der Waals surface area contributed by atoms with Crippen molar-refractivity contribution in [3.05, 3.63) is 29.8 Å². The monoisotopic (exact) mass is 303 g/mol. The van der Waals surface area contributed by atoms with Gasteiger partial charge in [-0.3, -0.25) is 14.5 Å². The highest BCUT2D eigenvalue weighted by Gasteiger charge is 2.32. The third-order valence-electron chi connectivity index (χ3n) is 3.85. The van der Waals surface area contributed by atoms with Gasteiger partial charge in [-0.05, 0) is 11.6 Å². The second kappa shape index (κ2) is 5.67. The number of carbonyl (C=O) groups is 3. The van der Waals surface area contributed by atoms with Crippen molar-refractivity contribution >= 4 is 17.8 Å². The van der Waals surface area contributed by atoms with Gasteiger partial charge in [-0.2, -0.15) is 0 Å². The molecule has 0 radical (unpaired) electrons. The average molecular weight is 303 g/mol. The van der Waals surface area contributed by atoms with Gasteiger partial charge in [0.05, 0.1) is 13.1 Å². The zero-order chi connectivity index (χ0) is 15.7. The Bertz CT molecular complexity index is 590. The van der Waals surface area contributed by atoms with Crippen LogP contribution in [0, 0.1) is 0 Å². The lowest BCUT2D eigenvalue weighted by molar-refractivity contribution is -0.136. The van der Waals surface area contributed by atoms with E-state index in [-0.39, 0.29) is 31.0 Å². The number of imide groups is 1. The fourth-order valence-corrected chi connectivity index (χ4v) is 2.63. The third-order valence-corrected chi connectivity index (χ3v) is 3.85. The van der Waals surface area contributed by atoms with Crippen LogP contribution in [0.5, 0.6) is 5.75 Å². The van der Waals surface area contributed by atoms with Gasteiger partial charge in [0.2, 0.25) is 5.91 Å². The molecule has 22 heavy (non-hydrogen) atoms. The summed E-state index contributed by atoms with van der Waals surface area (Å²) in [4.78, 5) is 37.5. The molecular weight excluding hydrogens is 286 g/mol. The molecule has 1 fully saturated rings. The summed E-state index contributed by atoms with van der Waals surface area (Å²) >= 11 is 0. The molecule has 0 aliphatic carbocycles. The quantitative estimate of drug-likeness (QED) is 0.794. The second-order valence-electron chi connectivity index (χ2n) is 5.46. The normalized spacial score (nSPS) is 19.7. The summed E-state index contributed by atoms with van der Waals surface area (Å²) in [7, 11) is 1.65. The lowest BCUT2D eigenvalue weighted by Crippen LogP contribution is -2.44. The molecule has 4 amide bonds. The molecule has 2 aliphatic rings. The van der Waals surface area contributed by atoms with Crippen molar-refractivity contribution in [2.24, 2.45) is 0 Å². The SMILES string of the molecule is CN(C[C@@H]1Cc2ccccc2O1)C(=O)CN1C(=O)CNC1=O. The van der Waals surface area contributed by atoms with Gasteiger partial charge < -0.3 is 15.0 Å². The van der Waals surface area contributed by atoms with Crippen LogP contribution in [-0.4, -0.2) is 60.4 Å². The summed E-state index contributed by atoms with van der Waals surface area (Å²) in [5.74, 6) is 0.184. The van der Waals surface area contributed by atoms with Crippen molar-refractivity contribution in [3.63, 3.8) is 0 Å². The molecule has 116 valence electrons. The van der Waals surface area contributed by atoms with Gasteiger partial charge in [-0.15, -0.1) is 0 Å². The van der Waals surface area contributed by atoms with Crippen LogP contribution >= 0.6 is 0 Å². The van der Waals surface area contributed by atoms with Crippen molar-refractivity contribution in [1.82, 2.24) is 15.1 Å². The topological polar surface area (TPSA) is 79.0 Å². The van der Waals surface area contributed by atoms with Gasteiger partial charge in [-0.1, -0.05) is 18.2 Å². The predicted octanol–water partition coefficient (Wildman–Crippen LogP) is 0.000300. The molecule has 1 aromatic carbocycles. The van der Waals surface area contributed by atoms with Crippen LogP contribution in [0.4, 0.5) is 4.79 Å². The highest BCUT2D eigenvalue weighted by atomic mass is 16.5. The van der Waals surface area contributed by atoms with E-state index in [1.165, 1.54) is 4.90 Å². The minimum atomic E-state index is -0.517. The minimum absolute atomic E-state index is 0.0448. The van der Waals surface area contributed by atoms with Crippen LogP contribution in [0.1, 0.15) is 5.56 Å². The van der Waals surface area contributed by atoms with Crippen LogP contribution in [0.2, 0.25) is 0 Å². The third kappa shape index (κ3) is 2.74. The molecule has 2 aliphatic heterocycles. The fourth-order valence-electron chi connectivity index (χ4n) is 2.63. The standard InChI is InChI=1S/C15H17N3O4/c1-17(14(20)9-18-13(19)7-16-15(18)21)8-11-6-10-4-2-3-5-12(10)22-11/h2-5,11H,6-9H2,1H3,(H,16,21)/t11-/m0/s1. The number of nitrogens with one attached hydrogen (secondary N) is 1. The molecule has 0 saturated carbocycles. The molecule has 7 heteroatoms. The Morgan fingerprint density at radius 3 is 2.86 bits per heavy atom. The number of likely N-dealkylation sites (N-methyl/N-ethyl adjacent to an activating group) is 1. The van der Waals surface area contributed by atoms with E-state index in [9.17, 15) is 14.4 Å². The Balaban J connectivity index is 1.54. The van der Waals surface area contributed by atoms with Gasteiger partial charge in [0.1, 0.15) is 18.4 Å². The number of carbonyl (C=O) groups excluding carboxylic acids is 3. The molecule has 1 aromatic rings. The van der Waals surface area contributed by atoms with Crippen LogP contribution in [-0.2, 0) is 16.0 Å². The summed E-state index contributed by atoms with van der Waals surface area (Å²) in [6, 6.07) is 7.26. The zero-order valence-electron chi connectivity index (χ0n) is 12.2. The number of hydrogen-bond acceptors (Lipinski definition) is 4. The second-order valence-corrected chi connectivity index (χ2v) is 5.46. The number of amides is 4. The van der Waals surface area contributed by atoms with E-state index in [1.807, 2.05) is 24.3 Å². The highest BCUT2D eigenvalue weighted by Crippen LogP contribution is 2.28. The van der Waals surface area contributed by atoms with E-state index >= 15 is 0 Å². The first kappa shape index (κ1) is 14.4. The average Bonchev–Trinajstić information content (AvgIpc) is 3.04. The highest BCUT2D eigenvalue weighted by molar-refractivity contribution is 6.04. The van der Waals surface area contributed by atoms with E-state index in [0.717, 1.165) is 22.6 Å². The number of urea groups is 1. The molecule has 1 atom stereocenters. The molecule has 0 unspecified atom stereocenters. The van der Waals surface area contributed by atoms with Crippen molar-refractivity contribution in [1.29, 1.82) is 0 Å². The first-order valence-corrected chi connectivity index (χ1v) is 7.11. The molecule has 0 spiro atoms. The number of fused-ring (bicyclic) bond motifs is 1. The Kier molecular flexibility index (Phi) is 3.70. The molecule has 0 bridgehead atoms. The summed E-state index contributed by atoms with van der Waals surface area (Å²) in [6.07, 6.45) is 0.645. The van der Waals surface area contributed by atoms with E-state index in [1.54, 1.807) is 7.05 Å². The van der Waals surface area contributed by atoms with Crippen molar-refractivity contribution in [2.45, 2.75) is 12.5 Å². The van der Waals surface area contributed by atoms with Gasteiger partial charge in [0.25, 0.3) is 5.91 Å². The summed E-state index contributed by atoms with van der Waals surface area (Å²) in [6.45, 7) is 0.134. The Morgan fingerprint density at radius 1 is 1.41 bits per heavy atom. The largest absolute Gasteiger partial charge is 0.488 e. The van der Waals surface area contributed by atoms with Gasteiger partial charge in [0.15, 0.2) is 0 Å². The number of rotatable bonds is 4. The predicted molar refractivity (Wildman–Crippen MR) is 77.3 cm³/mol. The number of hydrogen-bond donors (Lipinski definition) is 1. The maximum atomic E-state index is 12.1. The van der Waals surface area contributed by atoms with Crippen LogP contribution in [0.3, 0.4) is 0 Å². The fraction of sp³-hybridized carbons (Fsp3) is 0.400. The van der Waals surface area contributed by atoms with Crippen LogP contribution in [0.15, 0.2) is 24.3 Å². The Hall–Kier alpha value is -2.57. The molecule has 0 aromatic heterocycles. The first-order valence-electron chi connectivity index (χ1n) is 7.11. The van der Waals surface area contributed by atoms with E-state index in [4.69, 9.17) is 4.74 Å². The van der Waals surface area contributed by atoms with Crippen LogP contribution < -0.4 is 10.1 Å². The van der Waals surface area contributed by atoms with E-state index < -0.39 is 6.03 Å². The lowest BCUT2D eigenvalue weighted by Gasteiger charge is -2.23. The van der Waals surface area contributed by atoms with E-state index in [0.29, 0.717) is 6.54 Å². The summed E-state index contributed by atoms with van der Waals surface area (Å²) < 4.78 is 5.79. The van der Waals surface area contributed by atoms with Gasteiger partial charge in [0, 0.05) is 13.5 Å². The van der Waals surface area contributed by atoms with Crippen molar-refractivity contribution in [2.75, 3.05) is 26.7 Å². The minimum Gasteiger partial charge on any atom is -0.488 e. The Morgan fingerprint density at radius 2 is 2.18 bits per heavy atom. The first-order chi connectivity index (χ1) is 10.5. The number of nitrogens with zero attached hydrogens (tertiary/aromatic N) is 2. The molecule has 2 heterocycles. The summed E-state index contributed by atoms with van der Waals surface area (Å²) in [5.41, 5.74) is 1.13. The summed E-state index contributed by atoms with van der Waals surface area (Å²) in [5, 5.41) is 2.39. The van der Waals surface area contributed by atoms with Gasteiger partial charge >= 0.3 is 6.03 Å². The molecule has 3 rings (SSSR count). The number of para-hydroxylation sites is 1. The maximum absolute atomic E-state index is 12.1. The van der Waals surface area contributed by atoms with E-state index in [2.05, 4.69) is 5.32 Å². The number of ether oxygens (including phenoxy) is 1. The lowest BCUT2D eigenvalue weighted by atomic mass is 10.1. The molecule has 1 saturated heterocycles. The van der Waals surface area contributed by atoms with Crippen molar-refractivity contribution in [3.8, 4) is 5.75 Å². The van der Waals surface area contributed by atoms with Crippen molar-refractivity contribution < 1.29 is 19.1 Å². The molecular formula is C15H17N3O4. The molecule has 1 N–H and O–H groups in total. The maximum Gasteiger partial charge on any atom is 0.325 e.